The van der Waals surface area contributed by atoms with Gasteiger partial charge in [0, 0.05) is 25.4 Å². The van der Waals surface area contributed by atoms with Gasteiger partial charge in [0.05, 0.1) is 19.3 Å². The number of aliphatic hydroxyl groups excluding tert-OH is 1. The summed E-state index contributed by atoms with van der Waals surface area (Å²) in [7, 11) is 0. The van der Waals surface area contributed by atoms with Crippen LogP contribution in [0.15, 0.2) is 79.1 Å². The van der Waals surface area contributed by atoms with Crippen molar-refractivity contribution in [2.45, 2.75) is 50.6 Å². The molecule has 2 aliphatic rings. The number of piperidine rings is 1. The summed E-state index contributed by atoms with van der Waals surface area (Å²) in [5, 5.41) is 13.5. The Balaban J connectivity index is 1.12. The number of hydrogen-bond acceptors (Lipinski definition) is 8. The fourth-order valence-electron chi connectivity index (χ4n) is 5.72. The van der Waals surface area contributed by atoms with E-state index in [-0.39, 0.29) is 25.0 Å². The molecule has 6 rings (SSSR count). The van der Waals surface area contributed by atoms with Crippen LogP contribution in [0.1, 0.15) is 59.0 Å². The average molecular weight is 591 g/mol. The standard InChI is InChI=1S/C32H33F3N6O2/c33-32(34,35)27-19-37-31(39-30(27)41-28(14-17-43-41)25-4-2-1-3-5-25)38-29-11-10-26(18-36-29)24-12-15-40(16-13-24)20-22-6-8-23(21-42)9-7-22/h1-11,18-19,24,28,42H,12-17,20-21H2,(H,36,37,38,39)/t28-/m0/s1. The number of halogens is 3. The number of hydrogen-bond donors (Lipinski definition) is 2. The Kier molecular flexibility index (Phi) is 8.55. The monoisotopic (exact) mass is 590 g/mol. The smallest absolute Gasteiger partial charge is 0.392 e. The van der Waals surface area contributed by atoms with Crippen LogP contribution in [-0.4, -0.2) is 44.7 Å². The van der Waals surface area contributed by atoms with E-state index < -0.39 is 17.8 Å². The van der Waals surface area contributed by atoms with Gasteiger partial charge in [-0.2, -0.15) is 18.2 Å². The SMILES string of the molecule is OCc1ccc(CN2CCC(c3ccc(Nc4ncc(C(F)(F)F)c(N5OCC[C@H]5c5ccccc5)n4)nc3)CC2)cc1. The maximum Gasteiger partial charge on any atom is 0.421 e. The molecule has 4 heterocycles. The molecule has 0 saturated carbocycles. The van der Waals surface area contributed by atoms with E-state index in [2.05, 4.69) is 37.3 Å². The topological polar surface area (TPSA) is 86.6 Å². The summed E-state index contributed by atoms with van der Waals surface area (Å²) in [5.74, 6) is 0.501. The fraction of sp³-hybridized carbons (Fsp3) is 0.344. The fourth-order valence-corrected chi connectivity index (χ4v) is 5.72. The molecule has 2 aromatic heterocycles. The minimum absolute atomic E-state index is 0.00545. The Hall–Kier alpha value is -4.06. The summed E-state index contributed by atoms with van der Waals surface area (Å²) in [6, 6.07) is 20.8. The molecule has 11 heteroatoms. The van der Waals surface area contributed by atoms with Crippen LogP contribution in [-0.2, 0) is 24.2 Å². The van der Waals surface area contributed by atoms with Gasteiger partial charge in [-0.05, 0) is 60.2 Å². The number of pyridine rings is 1. The molecule has 0 spiro atoms. The third-order valence-electron chi connectivity index (χ3n) is 8.07. The van der Waals surface area contributed by atoms with Gasteiger partial charge in [-0.1, -0.05) is 60.7 Å². The highest BCUT2D eigenvalue weighted by atomic mass is 19.4. The number of aromatic nitrogens is 3. The van der Waals surface area contributed by atoms with Crippen LogP contribution in [0.5, 0.6) is 0 Å². The van der Waals surface area contributed by atoms with Crippen molar-refractivity contribution in [3.05, 3.63) is 107 Å². The summed E-state index contributed by atoms with van der Waals surface area (Å²) in [6.07, 6.45) is 0.503. The molecule has 8 nitrogen and oxygen atoms in total. The predicted molar refractivity (Wildman–Crippen MR) is 156 cm³/mol. The molecule has 0 amide bonds. The van der Waals surface area contributed by atoms with Gasteiger partial charge < -0.3 is 10.4 Å². The molecule has 2 aromatic carbocycles. The zero-order valence-electron chi connectivity index (χ0n) is 23.5. The maximum atomic E-state index is 14.0. The second-order valence-corrected chi connectivity index (χ2v) is 10.9. The first-order valence-electron chi connectivity index (χ1n) is 14.4. The molecule has 1 atom stereocenters. The third-order valence-corrected chi connectivity index (χ3v) is 8.07. The summed E-state index contributed by atoms with van der Waals surface area (Å²) in [5.41, 5.74) is 3.16. The second-order valence-electron chi connectivity index (χ2n) is 10.9. The minimum Gasteiger partial charge on any atom is -0.392 e. The molecule has 2 saturated heterocycles. The molecule has 0 aliphatic carbocycles. The van der Waals surface area contributed by atoms with E-state index in [1.807, 2.05) is 60.8 Å². The van der Waals surface area contributed by atoms with Gasteiger partial charge in [-0.15, -0.1) is 0 Å². The van der Waals surface area contributed by atoms with E-state index in [1.165, 1.54) is 10.6 Å². The predicted octanol–water partition coefficient (Wildman–Crippen LogP) is 6.39. The lowest BCUT2D eigenvalue weighted by Gasteiger charge is -2.32. The number of nitrogens with zero attached hydrogens (tertiary/aromatic N) is 5. The normalized spacial score (nSPS) is 18.2. The van der Waals surface area contributed by atoms with Gasteiger partial charge in [0.2, 0.25) is 5.95 Å². The zero-order chi connectivity index (χ0) is 29.8. The molecule has 2 aliphatic heterocycles. The van der Waals surface area contributed by atoms with E-state index in [0.29, 0.717) is 18.2 Å². The first-order chi connectivity index (χ1) is 20.9. The minimum atomic E-state index is -4.65. The van der Waals surface area contributed by atoms with E-state index in [4.69, 9.17) is 4.84 Å². The lowest BCUT2D eigenvalue weighted by Crippen LogP contribution is -2.32. The van der Waals surface area contributed by atoms with Crippen LogP contribution in [0, 0.1) is 0 Å². The van der Waals surface area contributed by atoms with Gasteiger partial charge in [0.1, 0.15) is 11.4 Å². The van der Waals surface area contributed by atoms with Crippen LogP contribution in [0.2, 0.25) is 0 Å². The summed E-state index contributed by atoms with van der Waals surface area (Å²) < 4.78 is 41.9. The van der Waals surface area contributed by atoms with Gasteiger partial charge in [0.25, 0.3) is 0 Å². The van der Waals surface area contributed by atoms with Crippen molar-refractivity contribution in [1.82, 2.24) is 19.9 Å². The van der Waals surface area contributed by atoms with Crippen molar-refractivity contribution in [2.24, 2.45) is 0 Å². The van der Waals surface area contributed by atoms with Crippen molar-refractivity contribution in [3.63, 3.8) is 0 Å². The molecule has 0 unspecified atom stereocenters. The van der Waals surface area contributed by atoms with Crippen LogP contribution >= 0.6 is 0 Å². The van der Waals surface area contributed by atoms with Crippen molar-refractivity contribution in [1.29, 1.82) is 0 Å². The Bertz CT molecular complexity index is 1490. The van der Waals surface area contributed by atoms with Crippen molar-refractivity contribution < 1.29 is 23.1 Å². The van der Waals surface area contributed by atoms with Gasteiger partial charge in [-0.25, -0.2) is 15.0 Å². The van der Waals surface area contributed by atoms with E-state index in [1.54, 1.807) is 0 Å². The molecule has 0 bridgehead atoms. The summed E-state index contributed by atoms with van der Waals surface area (Å²) >= 11 is 0. The molecule has 0 radical (unpaired) electrons. The van der Waals surface area contributed by atoms with E-state index >= 15 is 0 Å². The maximum absolute atomic E-state index is 14.0. The Morgan fingerprint density at radius 3 is 2.28 bits per heavy atom. The van der Waals surface area contributed by atoms with Gasteiger partial charge >= 0.3 is 6.18 Å². The summed E-state index contributed by atoms with van der Waals surface area (Å²) in [4.78, 5) is 20.8. The number of aliphatic hydroxyl groups is 1. The first kappa shape index (κ1) is 29.0. The Morgan fingerprint density at radius 2 is 1.60 bits per heavy atom. The number of nitrogens with one attached hydrogen (secondary N) is 1. The van der Waals surface area contributed by atoms with Crippen LogP contribution < -0.4 is 10.4 Å². The van der Waals surface area contributed by atoms with Crippen molar-refractivity contribution in [2.75, 3.05) is 30.1 Å². The highest BCUT2D eigenvalue weighted by Crippen LogP contribution is 2.41. The van der Waals surface area contributed by atoms with E-state index in [0.717, 1.165) is 55.4 Å². The van der Waals surface area contributed by atoms with Crippen LogP contribution in [0.4, 0.5) is 30.8 Å². The number of likely N-dealkylation sites (tertiary alicyclic amines) is 1. The van der Waals surface area contributed by atoms with Gasteiger partial charge in [-0.3, -0.25) is 9.74 Å². The van der Waals surface area contributed by atoms with Crippen LogP contribution in [0.3, 0.4) is 0 Å². The highest BCUT2D eigenvalue weighted by molar-refractivity contribution is 5.55. The first-order valence-corrected chi connectivity index (χ1v) is 14.4. The molecule has 43 heavy (non-hydrogen) atoms. The number of anilines is 3. The van der Waals surface area contributed by atoms with Gasteiger partial charge in [0.15, 0.2) is 5.82 Å². The zero-order valence-corrected chi connectivity index (χ0v) is 23.5. The quantitative estimate of drug-likeness (QED) is 0.244. The molecule has 4 aromatic rings. The summed E-state index contributed by atoms with van der Waals surface area (Å²) in [6.45, 7) is 3.15. The highest BCUT2D eigenvalue weighted by Gasteiger charge is 2.40. The number of rotatable bonds is 8. The molecule has 2 N–H and O–H groups in total. The van der Waals surface area contributed by atoms with E-state index in [9.17, 15) is 18.3 Å². The molecule has 2 fully saturated rings. The second kappa shape index (κ2) is 12.7. The van der Waals surface area contributed by atoms with Crippen molar-refractivity contribution >= 4 is 17.6 Å². The molecular formula is C32H33F3N6O2. The molecule has 224 valence electrons. The lowest BCUT2D eigenvalue weighted by atomic mass is 9.90. The number of hydroxylamine groups is 1. The number of benzene rings is 2. The Labute approximate surface area is 248 Å². The molecular weight excluding hydrogens is 557 g/mol. The largest absolute Gasteiger partial charge is 0.421 e. The average Bonchev–Trinajstić information content (AvgIpc) is 3.52. The van der Waals surface area contributed by atoms with Crippen LogP contribution in [0.25, 0.3) is 0 Å². The Morgan fingerprint density at radius 1 is 0.860 bits per heavy atom. The third kappa shape index (κ3) is 6.79. The van der Waals surface area contributed by atoms with Crippen molar-refractivity contribution in [3.8, 4) is 0 Å². The lowest BCUT2D eigenvalue weighted by molar-refractivity contribution is -0.138. The number of alkyl halides is 3.